The Morgan fingerprint density at radius 1 is 1.20 bits per heavy atom. The third-order valence-corrected chi connectivity index (χ3v) is 3.66. The molecule has 1 N–H and O–H groups in total. The zero-order chi connectivity index (χ0) is 14.2. The van der Waals surface area contributed by atoms with Crippen LogP contribution in [0.3, 0.4) is 0 Å². The Kier molecular flexibility index (Phi) is 5.96. The van der Waals surface area contributed by atoms with Crippen LogP contribution in [0.1, 0.15) is 24.5 Å². The molecule has 0 fully saturated rings. The van der Waals surface area contributed by atoms with E-state index in [1.165, 1.54) is 5.56 Å². The minimum absolute atomic E-state index is 0.417. The topological polar surface area (TPSA) is 37.8 Å². The minimum Gasteiger partial charge on any atom is -0.314 e. The van der Waals surface area contributed by atoms with Gasteiger partial charge in [0.2, 0.25) is 0 Å². The first-order valence-electron chi connectivity index (χ1n) is 7.00. The molecule has 106 valence electrons. The minimum atomic E-state index is 0.417. The summed E-state index contributed by atoms with van der Waals surface area (Å²) in [5.74, 6) is 0. The van der Waals surface area contributed by atoms with Crippen LogP contribution < -0.4 is 5.32 Å². The maximum atomic E-state index is 6.19. The van der Waals surface area contributed by atoms with Crippen molar-refractivity contribution in [2.24, 2.45) is 0 Å². The SMILES string of the molecule is CCNC(CCc1cccnc1)Cc1ccncc1Cl. The summed E-state index contributed by atoms with van der Waals surface area (Å²) in [7, 11) is 0. The molecule has 0 spiro atoms. The van der Waals surface area contributed by atoms with E-state index >= 15 is 0 Å². The molecule has 0 aromatic carbocycles. The number of nitrogens with one attached hydrogen (secondary N) is 1. The molecule has 2 heterocycles. The van der Waals surface area contributed by atoms with Gasteiger partial charge in [0, 0.05) is 30.8 Å². The predicted octanol–water partition coefficient (Wildman–Crippen LogP) is 3.28. The maximum absolute atomic E-state index is 6.19. The third kappa shape index (κ3) is 4.58. The van der Waals surface area contributed by atoms with E-state index in [1.54, 1.807) is 12.4 Å². The summed E-state index contributed by atoms with van der Waals surface area (Å²) in [6.45, 7) is 3.09. The van der Waals surface area contributed by atoms with Gasteiger partial charge in [0.1, 0.15) is 0 Å². The molecule has 0 saturated heterocycles. The number of hydrogen-bond acceptors (Lipinski definition) is 3. The van der Waals surface area contributed by atoms with Gasteiger partial charge in [0.05, 0.1) is 5.02 Å². The molecular weight excluding hydrogens is 270 g/mol. The fourth-order valence-corrected chi connectivity index (χ4v) is 2.48. The van der Waals surface area contributed by atoms with Crippen LogP contribution in [0.5, 0.6) is 0 Å². The second kappa shape index (κ2) is 7.98. The molecule has 2 aromatic heterocycles. The van der Waals surface area contributed by atoms with Crippen molar-refractivity contribution in [3.05, 3.63) is 59.1 Å². The lowest BCUT2D eigenvalue weighted by molar-refractivity contribution is 0.491. The van der Waals surface area contributed by atoms with Crippen LogP contribution in [0.2, 0.25) is 5.02 Å². The summed E-state index contributed by atoms with van der Waals surface area (Å²) in [5, 5.41) is 4.28. The average molecular weight is 290 g/mol. The lowest BCUT2D eigenvalue weighted by Gasteiger charge is -2.18. The maximum Gasteiger partial charge on any atom is 0.0621 e. The van der Waals surface area contributed by atoms with Crippen LogP contribution in [0.4, 0.5) is 0 Å². The first-order valence-corrected chi connectivity index (χ1v) is 7.38. The van der Waals surface area contributed by atoms with E-state index in [-0.39, 0.29) is 0 Å². The number of nitrogens with zero attached hydrogens (tertiary/aromatic N) is 2. The molecule has 20 heavy (non-hydrogen) atoms. The van der Waals surface area contributed by atoms with Crippen molar-refractivity contribution in [3.63, 3.8) is 0 Å². The van der Waals surface area contributed by atoms with Crippen molar-refractivity contribution in [1.29, 1.82) is 0 Å². The zero-order valence-corrected chi connectivity index (χ0v) is 12.5. The van der Waals surface area contributed by atoms with Crippen molar-refractivity contribution in [3.8, 4) is 0 Å². The fraction of sp³-hybridized carbons (Fsp3) is 0.375. The molecule has 3 nitrogen and oxygen atoms in total. The summed E-state index contributed by atoms with van der Waals surface area (Å²) in [4.78, 5) is 8.19. The zero-order valence-electron chi connectivity index (χ0n) is 11.7. The summed E-state index contributed by atoms with van der Waals surface area (Å²) in [6, 6.07) is 6.52. The first-order chi connectivity index (χ1) is 9.79. The van der Waals surface area contributed by atoms with E-state index < -0.39 is 0 Å². The molecule has 4 heteroatoms. The van der Waals surface area contributed by atoms with Crippen molar-refractivity contribution < 1.29 is 0 Å². The van der Waals surface area contributed by atoms with E-state index in [0.717, 1.165) is 36.4 Å². The number of halogens is 1. The van der Waals surface area contributed by atoms with Crippen LogP contribution in [0.15, 0.2) is 43.0 Å². The van der Waals surface area contributed by atoms with Gasteiger partial charge in [-0.15, -0.1) is 0 Å². The van der Waals surface area contributed by atoms with Gasteiger partial charge in [-0.1, -0.05) is 24.6 Å². The number of aromatic nitrogens is 2. The van der Waals surface area contributed by atoms with Gasteiger partial charge in [-0.25, -0.2) is 0 Å². The van der Waals surface area contributed by atoms with Gasteiger partial charge < -0.3 is 5.32 Å². The third-order valence-electron chi connectivity index (χ3n) is 3.32. The molecule has 1 atom stereocenters. The van der Waals surface area contributed by atoms with Crippen LogP contribution in [0, 0.1) is 0 Å². The Balaban J connectivity index is 1.95. The predicted molar refractivity (Wildman–Crippen MR) is 83.0 cm³/mol. The molecule has 1 unspecified atom stereocenters. The number of hydrogen-bond donors (Lipinski definition) is 1. The summed E-state index contributed by atoms with van der Waals surface area (Å²) in [6.07, 6.45) is 10.3. The summed E-state index contributed by atoms with van der Waals surface area (Å²) < 4.78 is 0. The Morgan fingerprint density at radius 3 is 2.75 bits per heavy atom. The quantitative estimate of drug-likeness (QED) is 0.850. The van der Waals surface area contributed by atoms with Crippen LogP contribution in [-0.4, -0.2) is 22.6 Å². The Morgan fingerprint density at radius 2 is 2.05 bits per heavy atom. The fourth-order valence-electron chi connectivity index (χ4n) is 2.29. The Hall–Kier alpha value is -1.45. The number of aryl methyl sites for hydroxylation is 1. The molecular formula is C16H20ClN3. The van der Waals surface area contributed by atoms with Crippen LogP contribution in [-0.2, 0) is 12.8 Å². The lowest BCUT2D eigenvalue weighted by Crippen LogP contribution is -2.31. The Bertz CT molecular complexity index is 516. The van der Waals surface area contributed by atoms with E-state index in [0.29, 0.717) is 6.04 Å². The van der Waals surface area contributed by atoms with Crippen molar-refractivity contribution in [2.45, 2.75) is 32.2 Å². The van der Waals surface area contributed by atoms with Crippen LogP contribution >= 0.6 is 11.6 Å². The smallest absolute Gasteiger partial charge is 0.0621 e. The van der Waals surface area contributed by atoms with Crippen molar-refractivity contribution >= 4 is 11.6 Å². The molecule has 0 amide bonds. The molecule has 0 saturated carbocycles. The van der Waals surface area contributed by atoms with Gasteiger partial charge in [-0.05, 0) is 49.1 Å². The van der Waals surface area contributed by atoms with Gasteiger partial charge in [0.25, 0.3) is 0 Å². The number of pyridine rings is 2. The highest BCUT2D eigenvalue weighted by Crippen LogP contribution is 2.17. The molecule has 0 aliphatic rings. The van der Waals surface area contributed by atoms with Crippen molar-refractivity contribution in [1.82, 2.24) is 15.3 Å². The summed E-state index contributed by atoms with van der Waals surface area (Å²) >= 11 is 6.19. The Labute approximate surface area is 125 Å². The largest absolute Gasteiger partial charge is 0.314 e. The number of likely N-dealkylation sites (N-methyl/N-ethyl adjacent to an activating group) is 1. The highest BCUT2D eigenvalue weighted by molar-refractivity contribution is 6.31. The highest BCUT2D eigenvalue weighted by Gasteiger charge is 2.11. The van der Waals surface area contributed by atoms with E-state index in [9.17, 15) is 0 Å². The molecule has 0 aliphatic carbocycles. The molecule has 0 aliphatic heterocycles. The average Bonchev–Trinajstić information content (AvgIpc) is 2.48. The lowest BCUT2D eigenvalue weighted by atomic mass is 10.00. The second-order valence-corrected chi connectivity index (χ2v) is 5.23. The van der Waals surface area contributed by atoms with Crippen molar-refractivity contribution in [2.75, 3.05) is 6.54 Å². The van der Waals surface area contributed by atoms with E-state index in [4.69, 9.17) is 11.6 Å². The van der Waals surface area contributed by atoms with Gasteiger partial charge >= 0.3 is 0 Å². The first kappa shape index (κ1) is 14.9. The highest BCUT2D eigenvalue weighted by atomic mass is 35.5. The standard InChI is InChI=1S/C16H20ClN3/c1-2-20-15(6-5-13-4-3-8-18-11-13)10-14-7-9-19-12-16(14)17/h3-4,7-9,11-12,15,20H,2,5-6,10H2,1H3. The summed E-state index contributed by atoms with van der Waals surface area (Å²) in [5.41, 5.74) is 2.43. The second-order valence-electron chi connectivity index (χ2n) is 4.83. The molecule has 0 bridgehead atoms. The molecule has 2 rings (SSSR count). The van der Waals surface area contributed by atoms with E-state index in [1.807, 2.05) is 24.5 Å². The monoisotopic (exact) mass is 289 g/mol. The normalized spacial score (nSPS) is 12.3. The van der Waals surface area contributed by atoms with Gasteiger partial charge in [-0.2, -0.15) is 0 Å². The van der Waals surface area contributed by atoms with Gasteiger partial charge in [0.15, 0.2) is 0 Å². The molecule has 0 radical (unpaired) electrons. The number of rotatable bonds is 7. The molecule has 2 aromatic rings. The van der Waals surface area contributed by atoms with Gasteiger partial charge in [-0.3, -0.25) is 9.97 Å². The van der Waals surface area contributed by atoms with Crippen LogP contribution in [0.25, 0.3) is 0 Å². The van der Waals surface area contributed by atoms with E-state index in [2.05, 4.69) is 28.3 Å².